The van der Waals surface area contributed by atoms with Crippen LogP contribution in [0.25, 0.3) is 95.5 Å². The van der Waals surface area contributed by atoms with Crippen LogP contribution in [0.4, 0.5) is 0 Å². The van der Waals surface area contributed by atoms with E-state index in [1.54, 1.807) is 0 Å². The second-order valence-corrected chi connectivity index (χ2v) is 15.8. The molecule has 0 saturated heterocycles. The van der Waals surface area contributed by atoms with Crippen LogP contribution in [0, 0.1) is 0 Å². The highest BCUT2D eigenvalue weighted by Crippen LogP contribution is 2.44. The number of aromatic nitrogens is 6. The minimum absolute atomic E-state index is 0.0169. The summed E-state index contributed by atoms with van der Waals surface area (Å²) in [7, 11) is 0. The van der Waals surface area contributed by atoms with Gasteiger partial charge in [-0.25, -0.2) is 24.9 Å². The number of para-hydroxylation sites is 3. The molecule has 0 amide bonds. The lowest BCUT2D eigenvalue weighted by Gasteiger charge is -2.20. The van der Waals surface area contributed by atoms with Crippen molar-refractivity contribution in [2.75, 3.05) is 0 Å². The Morgan fingerprint density at radius 3 is 2.06 bits per heavy atom. The molecule has 0 radical (unpaired) electrons. The standard InChI is InChI=1S/C55H38N6O/c1-4-18-35(19-5-1)43-34-44(38-27-17-33-49-51(38)41-26-12-15-32-48(41)62-49)57-54(56-43)40-25-11-14-30-46(40)61-45-29-13-10-24-39(45)50-42(28-16-31-47(50)61)55-59-52(36-20-6-2-7-21-36)58-53(60-55)37-22-8-3-9-23-37/h1-2,4-8,10-26,28-34,38H,3,9,27H2. The first-order chi connectivity index (χ1) is 30.7. The van der Waals surface area contributed by atoms with E-state index in [9.17, 15) is 0 Å². The van der Waals surface area contributed by atoms with Crippen LogP contribution in [-0.2, 0) is 0 Å². The molecule has 4 aromatic heterocycles. The Hall–Kier alpha value is -8.03. The summed E-state index contributed by atoms with van der Waals surface area (Å²) in [5.74, 6) is 3.48. The molecule has 4 heterocycles. The van der Waals surface area contributed by atoms with E-state index in [0.29, 0.717) is 23.3 Å². The van der Waals surface area contributed by atoms with Crippen LogP contribution in [0.2, 0.25) is 0 Å². The molecule has 62 heavy (non-hydrogen) atoms. The molecule has 2 aliphatic rings. The van der Waals surface area contributed by atoms with E-state index in [2.05, 4.69) is 156 Å². The summed E-state index contributed by atoms with van der Waals surface area (Å²) in [4.78, 5) is 26.2. The molecule has 1 atom stereocenters. The highest BCUT2D eigenvalue weighted by atomic mass is 16.3. The van der Waals surface area contributed by atoms with Gasteiger partial charge in [-0.15, -0.1) is 0 Å². The summed E-state index contributed by atoms with van der Waals surface area (Å²) in [6, 6.07) is 54.5. The van der Waals surface area contributed by atoms with Gasteiger partial charge >= 0.3 is 0 Å². The van der Waals surface area contributed by atoms with Crippen molar-refractivity contribution in [1.29, 1.82) is 0 Å². The molecular formula is C55H38N6O. The third kappa shape index (κ3) is 6.08. The topological polar surface area (TPSA) is 82.5 Å². The van der Waals surface area contributed by atoms with Gasteiger partial charge in [0.15, 0.2) is 23.3 Å². The third-order valence-corrected chi connectivity index (χ3v) is 12.1. The zero-order valence-electron chi connectivity index (χ0n) is 33.7. The van der Waals surface area contributed by atoms with E-state index in [1.807, 2.05) is 36.4 Å². The summed E-state index contributed by atoms with van der Waals surface area (Å²) in [5.41, 5.74) is 11.8. The van der Waals surface area contributed by atoms with Crippen molar-refractivity contribution in [2.24, 2.45) is 0 Å². The smallest absolute Gasteiger partial charge is 0.164 e. The van der Waals surface area contributed by atoms with Crippen molar-refractivity contribution >= 4 is 44.4 Å². The van der Waals surface area contributed by atoms with E-state index in [1.165, 1.54) is 5.56 Å². The maximum Gasteiger partial charge on any atom is 0.164 e. The molecule has 6 aromatic carbocycles. The van der Waals surface area contributed by atoms with Crippen LogP contribution < -0.4 is 0 Å². The highest BCUT2D eigenvalue weighted by molar-refractivity contribution is 6.15. The number of furan rings is 1. The Kier molecular flexibility index (Phi) is 8.62. The van der Waals surface area contributed by atoms with Crippen molar-refractivity contribution in [3.8, 4) is 51.1 Å². The van der Waals surface area contributed by atoms with Gasteiger partial charge in [0.25, 0.3) is 0 Å². The summed E-state index contributed by atoms with van der Waals surface area (Å²) in [6.45, 7) is 0. The third-order valence-electron chi connectivity index (χ3n) is 12.1. The van der Waals surface area contributed by atoms with Gasteiger partial charge in [-0.05, 0) is 61.7 Å². The van der Waals surface area contributed by atoms with Gasteiger partial charge in [0, 0.05) is 55.5 Å². The fourth-order valence-electron chi connectivity index (χ4n) is 9.23. The molecule has 0 N–H and O–H groups in total. The molecule has 2 aliphatic carbocycles. The van der Waals surface area contributed by atoms with Gasteiger partial charge < -0.3 is 8.98 Å². The van der Waals surface area contributed by atoms with Crippen LogP contribution in [0.5, 0.6) is 0 Å². The number of nitrogens with zero attached hydrogens (tertiary/aromatic N) is 6. The second-order valence-electron chi connectivity index (χ2n) is 15.8. The van der Waals surface area contributed by atoms with Gasteiger partial charge in [-0.2, -0.15) is 0 Å². The maximum atomic E-state index is 6.38. The van der Waals surface area contributed by atoms with E-state index in [0.717, 1.165) is 103 Å². The van der Waals surface area contributed by atoms with Gasteiger partial charge in [0.2, 0.25) is 0 Å². The maximum absolute atomic E-state index is 6.38. The van der Waals surface area contributed by atoms with Crippen LogP contribution >= 0.6 is 0 Å². The van der Waals surface area contributed by atoms with E-state index < -0.39 is 0 Å². The lowest BCUT2D eigenvalue weighted by atomic mass is 9.86. The molecule has 12 rings (SSSR count). The fraction of sp³-hybridized carbons (Fsp3) is 0.0727. The van der Waals surface area contributed by atoms with E-state index in [-0.39, 0.29) is 5.92 Å². The average Bonchev–Trinajstić information content (AvgIpc) is 3.91. The molecule has 7 heteroatoms. The lowest BCUT2D eigenvalue weighted by Crippen LogP contribution is -2.09. The van der Waals surface area contributed by atoms with Crippen molar-refractivity contribution in [1.82, 2.24) is 29.5 Å². The van der Waals surface area contributed by atoms with Crippen molar-refractivity contribution in [3.05, 3.63) is 205 Å². The number of fused-ring (bicyclic) bond motifs is 6. The predicted molar refractivity (Wildman–Crippen MR) is 250 cm³/mol. The molecule has 0 aliphatic heterocycles. The molecule has 1 unspecified atom stereocenters. The summed E-state index contributed by atoms with van der Waals surface area (Å²) in [6.07, 6.45) is 13.6. The Balaban J connectivity index is 1.07. The first-order valence-electron chi connectivity index (χ1n) is 21.2. The zero-order valence-corrected chi connectivity index (χ0v) is 33.7. The Morgan fingerprint density at radius 2 is 1.21 bits per heavy atom. The minimum atomic E-state index is -0.0169. The zero-order chi connectivity index (χ0) is 41.0. The van der Waals surface area contributed by atoms with Crippen molar-refractivity contribution in [2.45, 2.75) is 25.2 Å². The summed E-state index contributed by atoms with van der Waals surface area (Å²) >= 11 is 0. The molecule has 0 saturated carbocycles. The molecular weight excluding hydrogens is 761 g/mol. The predicted octanol–water partition coefficient (Wildman–Crippen LogP) is 13.5. The molecule has 7 nitrogen and oxygen atoms in total. The molecule has 0 spiro atoms. The normalized spacial score (nSPS) is 14.7. The number of hydrogen-bond donors (Lipinski definition) is 0. The number of allylic oxidation sites excluding steroid dienone is 5. The molecule has 0 bridgehead atoms. The average molecular weight is 799 g/mol. The van der Waals surface area contributed by atoms with Gasteiger partial charge in [-0.3, -0.25) is 0 Å². The van der Waals surface area contributed by atoms with E-state index >= 15 is 0 Å². The Labute approximate surface area is 358 Å². The van der Waals surface area contributed by atoms with Crippen LogP contribution in [0.1, 0.15) is 48.0 Å². The van der Waals surface area contributed by atoms with Crippen molar-refractivity contribution in [3.63, 3.8) is 0 Å². The lowest BCUT2D eigenvalue weighted by molar-refractivity contribution is 0.588. The molecule has 0 fully saturated rings. The Bertz CT molecular complexity index is 3450. The second kappa shape index (κ2) is 14.9. The SMILES string of the molecule is C1=CC(c2nc(-c3ccccc3)nc(-c3cccc4c3c3ccccc3n4-c3ccccc3-c3nc(-c4ccccc4)cc(C4CC=Cc5oc6ccccc6c54)n3)n2)=CCC1. The first-order valence-corrected chi connectivity index (χ1v) is 21.2. The summed E-state index contributed by atoms with van der Waals surface area (Å²) < 4.78 is 8.72. The first kappa shape index (κ1) is 35.9. The minimum Gasteiger partial charge on any atom is -0.456 e. The summed E-state index contributed by atoms with van der Waals surface area (Å²) in [5, 5.41) is 3.28. The Morgan fingerprint density at radius 1 is 0.516 bits per heavy atom. The quantitative estimate of drug-likeness (QED) is 0.160. The number of hydrogen-bond acceptors (Lipinski definition) is 6. The monoisotopic (exact) mass is 798 g/mol. The molecule has 294 valence electrons. The van der Waals surface area contributed by atoms with Crippen LogP contribution in [0.3, 0.4) is 0 Å². The van der Waals surface area contributed by atoms with Crippen LogP contribution in [0.15, 0.2) is 186 Å². The van der Waals surface area contributed by atoms with Gasteiger partial charge in [0.05, 0.1) is 28.1 Å². The largest absolute Gasteiger partial charge is 0.456 e. The number of rotatable bonds is 7. The highest BCUT2D eigenvalue weighted by Gasteiger charge is 2.28. The van der Waals surface area contributed by atoms with Gasteiger partial charge in [-0.1, -0.05) is 146 Å². The van der Waals surface area contributed by atoms with Gasteiger partial charge in [0.1, 0.15) is 11.3 Å². The fourth-order valence-corrected chi connectivity index (χ4v) is 9.23. The van der Waals surface area contributed by atoms with E-state index in [4.69, 9.17) is 29.3 Å². The van der Waals surface area contributed by atoms with Crippen LogP contribution in [-0.4, -0.2) is 29.5 Å². The van der Waals surface area contributed by atoms with Crippen molar-refractivity contribution < 1.29 is 4.42 Å². The molecule has 10 aromatic rings. The number of benzene rings is 6.